The first-order valence-electron chi connectivity index (χ1n) is 9.21. The van der Waals surface area contributed by atoms with Crippen LogP contribution in [0.3, 0.4) is 0 Å². The number of amides is 1. The number of carbonyl (C=O) groups is 2. The van der Waals surface area contributed by atoms with Crippen LogP contribution in [0.4, 0.5) is 0 Å². The second kappa shape index (κ2) is 7.06. The van der Waals surface area contributed by atoms with Gasteiger partial charge in [-0.2, -0.15) is 0 Å². The van der Waals surface area contributed by atoms with Gasteiger partial charge < -0.3 is 10.3 Å². The summed E-state index contributed by atoms with van der Waals surface area (Å²) < 4.78 is 0. The first-order chi connectivity index (χ1) is 12.3. The first-order valence-corrected chi connectivity index (χ1v) is 9.21. The Labute approximate surface area is 154 Å². The van der Waals surface area contributed by atoms with Crippen LogP contribution in [0, 0.1) is 12.3 Å². The molecule has 1 aliphatic rings. The van der Waals surface area contributed by atoms with Crippen molar-refractivity contribution in [2.75, 3.05) is 0 Å². The third-order valence-electron chi connectivity index (χ3n) is 4.81. The lowest BCUT2D eigenvalue weighted by atomic mass is 9.85. The topological polar surface area (TPSA) is 74.8 Å². The van der Waals surface area contributed by atoms with E-state index in [4.69, 9.17) is 0 Å². The largest absolute Gasteiger partial charge is 0.361 e. The number of aromatic nitrogens is 2. The summed E-state index contributed by atoms with van der Waals surface area (Å²) in [5.74, 6) is -0.122. The minimum Gasteiger partial charge on any atom is -0.361 e. The zero-order valence-corrected chi connectivity index (χ0v) is 16.0. The number of fused-ring (bicyclic) bond motifs is 1. The summed E-state index contributed by atoms with van der Waals surface area (Å²) in [4.78, 5) is 32.9. The number of Topliss-reactive ketones (excluding diaryl/α,β-unsaturated/α-hetero) is 1. The molecule has 0 saturated heterocycles. The average molecular weight is 353 g/mol. The molecule has 5 nitrogen and oxygen atoms in total. The van der Waals surface area contributed by atoms with Crippen LogP contribution in [0.5, 0.6) is 0 Å². The lowest BCUT2D eigenvalue weighted by Gasteiger charge is -2.27. The third kappa shape index (κ3) is 3.87. The fourth-order valence-electron chi connectivity index (χ4n) is 3.70. The van der Waals surface area contributed by atoms with Gasteiger partial charge in [-0.15, -0.1) is 0 Å². The molecular weight excluding hydrogens is 326 g/mol. The van der Waals surface area contributed by atoms with E-state index in [0.29, 0.717) is 17.5 Å². The van der Waals surface area contributed by atoms with Gasteiger partial charge in [-0.3, -0.25) is 14.6 Å². The number of ketones is 1. The zero-order chi connectivity index (χ0) is 18.9. The molecule has 0 bridgehead atoms. The number of pyridine rings is 1. The third-order valence-corrected chi connectivity index (χ3v) is 4.81. The summed E-state index contributed by atoms with van der Waals surface area (Å²) in [7, 11) is 0. The molecule has 3 rings (SSSR count). The lowest BCUT2D eigenvalue weighted by Crippen LogP contribution is -2.32. The number of hydrogen-bond donors (Lipinski definition) is 2. The molecule has 0 fully saturated rings. The Morgan fingerprint density at radius 3 is 2.77 bits per heavy atom. The van der Waals surface area contributed by atoms with Crippen molar-refractivity contribution in [2.45, 2.75) is 59.4 Å². The van der Waals surface area contributed by atoms with Gasteiger partial charge in [-0.1, -0.05) is 26.8 Å². The maximum Gasteiger partial charge on any atom is 0.254 e. The van der Waals surface area contributed by atoms with Crippen LogP contribution in [-0.4, -0.2) is 21.7 Å². The Morgan fingerprint density at radius 2 is 2.12 bits per heavy atom. The molecule has 1 atom stereocenters. The average Bonchev–Trinajstić information content (AvgIpc) is 2.91. The molecule has 0 spiro atoms. The predicted octanol–water partition coefficient (Wildman–Crippen LogP) is 4.14. The quantitative estimate of drug-likeness (QED) is 0.867. The number of nitrogens with zero attached hydrogens (tertiary/aromatic N) is 1. The Morgan fingerprint density at radius 1 is 1.35 bits per heavy atom. The number of H-pyrrole nitrogens is 1. The lowest BCUT2D eigenvalue weighted by molar-refractivity contribution is 0.0907. The SMILES string of the molecule is Cc1[nH]c2c(c1C(=O)N[C@@H](CC(C)(C)C)c1cccnc1)C(=O)CCC2. The number of rotatable bonds is 4. The minimum absolute atomic E-state index is 0.0379. The minimum atomic E-state index is -0.187. The van der Waals surface area contributed by atoms with Crippen molar-refractivity contribution in [3.05, 3.63) is 52.6 Å². The van der Waals surface area contributed by atoms with Crippen molar-refractivity contribution in [2.24, 2.45) is 5.41 Å². The number of aryl methyl sites for hydroxylation is 2. The van der Waals surface area contributed by atoms with Gasteiger partial charge in [0.25, 0.3) is 5.91 Å². The number of carbonyl (C=O) groups excluding carboxylic acids is 2. The van der Waals surface area contributed by atoms with Gasteiger partial charge in [-0.25, -0.2) is 0 Å². The van der Waals surface area contributed by atoms with Crippen LogP contribution in [0.1, 0.15) is 83.7 Å². The van der Waals surface area contributed by atoms with E-state index in [1.807, 2.05) is 19.1 Å². The van der Waals surface area contributed by atoms with Crippen molar-refractivity contribution in [1.29, 1.82) is 0 Å². The van der Waals surface area contributed by atoms with E-state index in [0.717, 1.165) is 36.2 Å². The smallest absolute Gasteiger partial charge is 0.254 e. The Bertz CT molecular complexity index is 816. The molecule has 0 aliphatic heterocycles. The van der Waals surface area contributed by atoms with Gasteiger partial charge in [-0.05, 0) is 43.2 Å². The van der Waals surface area contributed by atoms with E-state index >= 15 is 0 Å². The summed E-state index contributed by atoms with van der Waals surface area (Å²) in [5.41, 5.74) is 3.78. The van der Waals surface area contributed by atoms with Gasteiger partial charge in [0.05, 0.1) is 17.2 Å². The molecule has 1 amide bonds. The summed E-state index contributed by atoms with van der Waals surface area (Å²) in [6.45, 7) is 8.31. The number of nitrogens with one attached hydrogen (secondary N) is 2. The highest BCUT2D eigenvalue weighted by Gasteiger charge is 2.30. The van der Waals surface area contributed by atoms with Crippen molar-refractivity contribution < 1.29 is 9.59 Å². The maximum atomic E-state index is 13.1. The highest BCUT2D eigenvalue weighted by molar-refractivity contribution is 6.10. The zero-order valence-electron chi connectivity index (χ0n) is 16.0. The summed E-state index contributed by atoms with van der Waals surface area (Å²) >= 11 is 0. The molecule has 2 aromatic rings. The maximum absolute atomic E-state index is 13.1. The number of aromatic amines is 1. The Kier molecular flexibility index (Phi) is 4.99. The van der Waals surface area contributed by atoms with Gasteiger partial charge in [0.2, 0.25) is 0 Å². The van der Waals surface area contributed by atoms with Gasteiger partial charge in [0.15, 0.2) is 5.78 Å². The molecule has 0 radical (unpaired) electrons. The highest BCUT2D eigenvalue weighted by Crippen LogP contribution is 2.31. The molecule has 0 unspecified atom stereocenters. The van der Waals surface area contributed by atoms with E-state index < -0.39 is 0 Å². The molecule has 0 aromatic carbocycles. The standard InChI is InChI=1S/C21H27N3O2/c1-13-18(19-15(23-13)8-5-9-17(19)25)20(26)24-16(11-21(2,3)4)14-7-6-10-22-12-14/h6-7,10,12,16,23H,5,8-9,11H2,1-4H3,(H,24,26)/t16-/m0/s1. The molecule has 1 aliphatic carbocycles. The van der Waals surface area contributed by atoms with Crippen LogP contribution in [0.2, 0.25) is 0 Å². The van der Waals surface area contributed by atoms with Gasteiger partial charge in [0.1, 0.15) is 0 Å². The second-order valence-corrected chi connectivity index (χ2v) is 8.33. The Hall–Kier alpha value is -2.43. The van der Waals surface area contributed by atoms with Crippen molar-refractivity contribution >= 4 is 11.7 Å². The molecule has 2 N–H and O–H groups in total. The molecule has 5 heteroatoms. The normalized spacial score (nSPS) is 15.5. The number of hydrogen-bond acceptors (Lipinski definition) is 3. The van der Waals surface area contributed by atoms with Crippen LogP contribution in [0.25, 0.3) is 0 Å². The summed E-state index contributed by atoms with van der Waals surface area (Å²) in [6, 6.07) is 3.71. The van der Waals surface area contributed by atoms with Crippen molar-refractivity contribution in [3.8, 4) is 0 Å². The van der Waals surface area contributed by atoms with Crippen LogP contribution in [-0.2, 0) is 6.42 Å². The molecule has 2 aromatic heterocycles. The molecule has 2 heterocycles. The van der Waals surface area contributed by atoms with E-state index in [9.17, 15) is 9.59 Å². The predicted molar refractivity (Wildman–Crippen MR) is 101 cm³/mol. The van der Waals surface area contributed by atoms with E-state index in [1.165, 1.54) is 0 Å². The highest BCUT2D eigenvalue weighted by atomic mass is 16.2. The molecule has 138 valence electrons. The first kappa shape index (κ1) is 18.4. The fraction of sp³-hybridized carbons (Fsp3) is 0.476. The van der Waals surface area contributed by atoms with E-state index in [1.54, 1.807) is 12.4 Å². The summed E-state index contributed by atoms with van der Waals surface area (Å²) in [6.07, 6.45) is 6.48. The monoisotopic (exact) mass is 353 g/mol. The molecule has 0 saturated carbocycles. The van der Waals surface area contributed by atoms with Crippen LogP contribution >= 0.6 is 0 Å². The van der Waals surface area contributed by atoms with Crippen molar-refractivity contribution in [1.82, 2.24) is 15.3 Å². The van der Waals surface area contributed by atoms with Crippen molar-refractivity contribution in [3.63, 3.8) is 0 Å². The Balaban J connectivity index is 1.92. The second-order valence-electron chi connectivity index (χ2n) is 8.33. The van der Waals surface area contributed by atoms with E-state index in [2.05, 4.69) is 36.1 Å². The molecule has 26 heavy (non-hydrogen) atoms. The fourth-order valence-corrected chi connectivity index (χ4v) is 3.70. The van der Waals surface area contributed by atoms with E-state index in [-0.39, 0.29) is 23.1 Å². The van der Waals surface area contributed by atoms with Crippen LogP contribution < -0.4 is 5.32 Å². The van der Waals surface area contributed by atoms with Gasteiger partial charge in [0, 0.05) is 30.2 Å². The van der Waals surface area contributed by atoms with Gasteiger partial charge >= 0.3 is 0 Å². The summed E-state index contributed by atoms with van der Waals surface area (Å²) in [5, 5.41) is 3.15. The van der Waals surface area contributed by atoms with Crippen LogP contribution in [0.15, 0.2) is 24.5 Å². The molecular formula is C21H27N3O2.